The standard InChI is InChI=1S/C24H23FN4O3S2/c25-17-5-3-16(4-6-17)19(28-7-9-32-10-8-28)12-26-21(30)13-29-15-27-23-22(24(29)31)18(14-34-23)20-2-1-11-33-20/h1-6,11,14-15,19H,7-10,12-13H2,(H,26,30). The van der Waals surface area contributed by atoms with Crippen molar-refractivity contribution in [1.82, 2.24) is 19.8 Å². The van der Waals surface area contributed by atoms with Gasteiger partial charge < -0.3 is 10.1 Å². The van der Waals surface area contributed by atoms with Crippen molar-refractivity contribution in [2.24, 2.45) is 0 Å². The first kappa shape index (κ1) is 22.9. The molecule has 1 saturated heterocycles. The Hall–Kier alpha value is -2.92. The molecule has 176 valence electrons. The summed E-state index contributed by atoms with van der Waals surface area (Å²) >= 11 is 2.98. The first-order valence-corrected chi connectivity index (χ1v) is 12.7. The summed E-state index contributed by atoms with van der Waals surface area (Å²) in [6.45, 7) is 2.89. The van der Waals surface area contributed by atoms with Crippen molar-refractivity contribution in [1.29, 1.82) is 0 Å². The SMILES string of the molecule is O=C(Cn1cnc2scc(-c3cccs3)c2c1=O)NCC(c1ccc(F)cc1)N1CCOCC1. The number of nitrogens with one attached hydrogen (secondary N) is 1. The molecule has 34 heavy (non-hydrogen) atoms. The predicted octanol–water partition coefficient (Wildman–Crippen LogP) is 3.52. The first-order valence-electron chi connectivity index (χ1n) is 10.9. The number of hydrogen-bond donors (Lipinski definition) is 1. The zero-order valence-corrected chi connectivity index (χ0v) is 19.9. The molecule has 5 rings (SSSR count). The molecule has 4 heterocycles. The number of carbonyl (C=O) groups is 1. The molecule has 1 unspecified atom stereocenters. The molecule has 1 fully saturated rings. The molecule has 1 atom stereocenters. The van der Waals surface area contributed by atoms with E-state index in [0.29, 0.717) is 30.0 Å². The highest BCUT2D eigenvalue weighted by Crippen LogP contribution is 2.33. The molecule has 0 aliphatic carbocycles. The van der Waals surface area contributed by atoms with Crippen LogP contribution in [0.3, 0.4) is 0 Å². The highest BCUT2D eigenvalue weighted by atomic mass is 32.1. The third-order valence-corrected chi connectivity index (χ3v) is 7.68. The monoisotopic (exact) mass is 498 g/mol. The van der Waals surface area contributed by atoms with E-state index in [0.717, 1.165) is 29.1 Å². The molecule has 1 aliphatic rings. The maximum atomic E-state index is 13.5. The Morgan fingerprint density at radius 1 is 1.18 bits per heavy atom. The van der Waals surface area contributed by atoms with Crippen LogP contribution in [0, 0.1) is 5.82 Å². The summed E-state index contributed by atoms with van der Waals surface area (Å²) < 4.78 is 20.3. The van der Waals surface area contributed by atoms with Crippen LogP contribution in [0.4, 0.5) is 4.39 Å². The number of thiophene rings is 2. The average Bonchev–Trinajstić information content (AvgIpc) is 3.53. The number of rotatable bonds is 7. The maximum Gasteiger partial charge on any atom is 0.263 e. The second-order valence-electron chi connectivity index (χ2n) is 8.00. The Morgan fingerprint density at radius 2 is 1.97 bits per heavy atom. The van der Waals surface area contributed by atoms with E-state index < -0.39 is 0 Å². The van der Waals surface area contributed by atoms with Crippen LogP contribution in [0.5, 0.6) is 0 Å². The van der Waals surface area contributed by atoms with Gasteiger partial charge in [0.05, 0.1) is 31.0 Å². The number of aromatic nitrogens is 2. The Labute approximate surface area is 203 Å². The lowest BCUT2D eigenvalue weighted by Crippen LogP contribution is -2.44. The smallest absolute Gasteiger partial charge is 0.263 e. The summed E-state index contributed by atoms with van der Waals surface area (Å²) in [4.78, 5) is 34.3. The zero-order valence-electron chi connectivity index (χ0n) is 18.3. The Morgan fingerprint density at radius 3 is 2.71 bits per heavy atom. The summed E-state index contributed by atoms with van der Waals surface area (Å²) in [5.41, 5.74) is 1.54. The Balaban J connectivity index is 1.33. The van der Waals surface area contributed by atoms with Crippen molar-refractivity contribution in [3.63, 3.8) is 0 Å². The first-order chi connectivity index (χ1) is 16.6. The van der Waals surface area contributed by atoms with E-state index >= 15 is 0 Å². The largest absolute Gasteiger partial charge is 0.379 e. The molecule has 0 radical (unpaired) electrons. The number of halogens is 1. The van der Waals surface area contributed by atoms with Gasteiger partial charge >= 0.3 is 0 Å². The number of benzene rings is 1. The lowest BCUT2D eigenvalue weighted by molar-refractivity contribution is -0.122. The molecule has 7 nitrogen and oxygen atoms in total. The van der Waals surface area contributed by atoms with Gasteiger partial charge in [0.1, 0.15) is 17.2 Å². The van der Waals surface area contributed by atoms with Crippen LogP contribution in [0.2, 0.25) is 0 Å². The van der Waals surface area contributed by atoms with E-state index in [-0.39, 0.29) is 29.9 Å². The molecule has 0 saturated carbocycles. The summed E-state index contributed by atoms with van der Waals surface area (Å²) in [6.07, 6.45) is 1.43. The highest BCUT2D eigenvalue weighted by Gasteiger charge is 2.23. The number of morpholine rings is 1. The normalized spacial score (nSPS) is 15.4. The van der Waals surface area contributed by atoms with Crippen LogP contribution < -0.4 is 10.9 Å². The van der Waals surface area contributed by atoms with Gasteiger partial charge in [-0.1, -0.05) is 18.2 Å². The Kier molecular flexibility index (Phi) is 6.82. The van der Waals surface area contributed by atoms with Gasteiger partial charge in [-0.05, 0) is 29.1 Å². The van der Waals surface area contributed by atoms with Crippen LogP contribution in [-0.4, -0.2) is 53.2 Å². The van der Waals surface area contributed by atoms with Crippen molar-refractivity contribution < 1.29 is 13.9 Å². The number of nitrogens with zero attached hydrogens (tertiary/aromatic N) is 3. The van der Waals surface area contributed by atoms with Crippen molar-refractivity contribution >= 4 is 38.8 Å². The van der Waals surface area contributed by atoms with Crippen molar-refractivity contribution in [2.45, 2.75) is 12.6 Å². The van der Waals surface area contributed by atoms with E-state index in [4.69, 9.17) is 4.74 Å². The quantitative estimate of drug-likeness (QED) is 0.422. The number of amides is 1. The highest BCUT2D eigenvalue weighted by molar-refractivity contribution is 7.18. The van der Waals surface area contributed by atoms with E-state index in [9.17, 15) is 14.0 Å². The van der Waals surface area contributed by atoms with Gasteiger partial charge in [0.2, 0.25) is 5.91 Å². The third kappa shape index (κ3) is 4.80. The molecule has 1 aliphatic heterocycles. The van der Waals surface area contributed by atoms with E-state index in [1.807, 2.05) is 22.9 Å². The molecule has 1 amide bonds. The molecule has 4 aromatic rings. The molecule has 1 aromatic carbocycles. The summed E-state index contributed by atoms with van der Waals surface area (Å²) in [7, 11) is 0. The van der Waals surface area contributed by atoms with Crippen LogP contribution in [-0.2, 0) is 16.1 Å². The molecule has 1 N–H and O–H groups in total. The fourth-order valence-corrected chi connectivity index (χ4v) is 5.87. The van der Waals surface area contributed by atoms with Gasteiger partial charge in [0.25, 0.3) is 5.56 Å². The summed E-state index contributed by atoms with van der Waals surface area (Å²) in [6, 6.07) is 10.1. The number of hydrogen-bond acceptors (Lipinski definition) is 7. The molecule has 0 spiro atoms. The van der Waals surface area contributed by atoms with Crippen LogP contribution in [0.25, 0.3) is 20.7 Å². The zero-order chi connectivity index (χ0) is 23.5. The molecule has 0 bridgehead atoms. The van der Waals surface area contributed by atoms with Gasteiger partial charge in [-0.2, -0.15) is 0 Å². The van der Waals surface area contributed by atoms with E-state index in [2.05, 4.69) is 15.2 Å². The minimum atomic E-state index is -0.300. The molecule has 10 heteroatoms. The number of fused-ring (bicyclic) bond motifs is 1. The predicted molar refractivity (Wildman–Crippen MR) is 132 cm³/mol. The average molecular weight is 499 g/mol. The maximum absolute atomic E-state index is 13.5. The van der Waals surface area contributed by atoms with Crippen LogP contribution in [0.15, 0.2) is 58.3 Å². The van der Waals surface area contributed by atoms with Gasteiger partial charge in [-0.15, -0.1) is 22.7 Å². The minimum absolute atomic E-state index is 0.118. The van der Waals surface area contributed by atoms with Crippen molar-refractivity contribution in [3.8, 4) is 10.4 Å². The number of carbonyl (C=O) groups excluding carboxylic acids is 1. The fraction of sp³-hybridized carbons (Fsp3) is 0.292. The lowest BCUT2D eigenvalue weighted by atomic mass is 10.0. The summed E-state index contributed by atoms with van der Waals surface area (Å²) in [5, 5.41) is 7.40. The van der Waals surface area contributed by atoms with E-state index in [1.54, 1.807) is 23.5 Å². The van der Waals surface area contributed by atoms with Gasteiger partial charge in [0, 0.05) is 35.5 Å². The molecular weight excluding hydrogens is 475 g/mol. The van der Waals surface area contributed by atoms with Crippen LogP contribution in [0.1, 0.15) is 11.6 Å². The van der Waals surface area contributed by atoms with Crippen molar-refractivity contribution in [2.75, 3.05) is 32.8 Å². The second kappa shape index (κ2) is 10.1. The molecule has 3 aromatic heterocycles. The lowest BCUT2D eigenvalue weighted by Gasteiger charge is -2.35. The van der Waals surface area contributed by atoms with Gasteiger partial charge in [-0.25, -0.2) is 9.37 Å². The minimum Gasteiger partial charge on any atom is -0.379 e. The van der Waals surface area contributed by atoms with Crippen molar-refractivity contribution in [3.05, 3.63) is 75.2 Å². The van der Waals surface area contributed by atoms with E-state index in [1.165, 1.54) is 34.4 Å². The van der Waals surface area contributed by atoms with Gasteiger partial charge in [-0.3, -0.25) is 19.1 Å². The third-order valence-electron chi connectivity index (χ3n) is 5.90. The Bertz CT molecular complexity index is 1330. The van der Waals surface area contributed by atoms with Crippen LogP contribution >= 0.6 is 22.7 Å². The fourth-order valence-electron chi connectivity index (χ4n) is 4.15. The topological polar surface area (TPSA) is 76.5 Å². The second-order valence-corrected chi connectivity index (χ2v) is 9.81. The summed E-state index contributed by atoms with van der Waals surface area (Å²) in [5.74, 6) is -0.581. The number of ether oxygens (including phenoxy) is 1. The van der Waals surface area contributed by atoms with Gasteiger partial charge in [0.15, 0.2) is 0 Å². The molecular formula is C24H23FN4O3S2.